The third-order valence-electron chi connectivity index (χ3n) is 10.00. The number of halogens is 2. The van der Waals surface area contributed by atoms with Crippen molar-refractivity contribution in [3.63, 3.8) is 0 Å². The Hall–Kier alpha value is -2.09. The minimum absolute atomic E-state index is 0.0313. The quantitative estimate of drug-likeness (QED) is 0.464. The van der Waals surface area contributed by atoms with Gasteiger partial charge >= 0.3 is 0 Å². The third kappa shape index (κ3) is 4.58. The number of amides is 3. The van der Waals surface area contributed by atoms with Crippen LogP contribution < -0.4 is 10.6 Å². The van der Waals surface area contributed by atoms with Gasteiger partial charge in [-0.1, -0.05) is 81.3 Å². The van der Waals surface area contributed by atoms with Crippen LogP contribution in [0.15, 0.2) is 30.4 Å². The first-order valence-electron chi connectivity index (χ1n) is 14.5. The Bertz CT molecular complexity index is 1180. The normalized spacial score (nSPS) is 37.7. The number of nitrogens with zero attached hydrogens (tertiary/aromatic N) is 1. The predicted molar refractivity (Wildman–Crippen MR) is 150 cm³/mol. The Balaban J connectivity index is 1.32. The molecule has 0 radical (unpaired) electrons. The van der Waals surface area contributed by atoms with Crippen LogP contribution in [0.2, 0.25) is 10.0 Å². The van der Waals surface area contributed by atoms with Crippen LogP contribution in [0, 0.1) is 23.7 Å². The number of fused-ring (bicyclic) bond motifs is 1. The van der Waals surface area contributed by atoms with E-state index in [0.29, 0.717) is 27.6 Å². The fourth-order valence-corrected chi connectivity index (χ4v) is 8.38. The van der Waals surface area contributed by atoms with Gasteiger partial charge in [0.2, 0.25) is 17.7 Å². The molecule has 9 heteroatoms. The van der Waals surface area contributed by atoms with Gasteiger partial charge in [0.05, 0.1) is 17.9 Å². The summed E-state index contributed by atoms with van der Waals surface area (Å²) >= 11 is 12.3. The molecule has 1 spiro atoms. The molecule has 210 valence electrons. The van der Waals surface area contributed by atoms with Crippen molar-refractivity contribution >= 4 is 46.6 Å². The molecule has 39 heavy (non-hydrogen) atoms. The molecular formula is C30H37Cl2N3O4. The topological polar surface area (TPSA) is 87.7 Å². The molecule has 2 N–H and O–H groups in total. The summed E-state index contributed by atoms with van der Waals surface area (Å²) in [7, 11) is 0. The second-order valence-electron chi connectivity index (χ2n) is 12.3. The lowest BCUT2D eigenvalue weighted by molar-refractivity contribution is -0.145. The van der Waals surface area contributed by atoms with Gasteiger partial charge in [-0.2, -0.15) is 0 Å². The Morgan fingerprint density at radius 2 is 1.69 bits per heavy atom. The molecule has 3 amide bonds. The summed E-state index contributed by atoms with van der Waals surface area (Å²) in [4.78, 5) is 44.0. The number of hydrogen-bond acceptors (Lipinski definition) is 4. The highest BCUT2D eigenvalue weighted by molar-refractivity contribution is 6.35. The zero-order valence-electron chi connectivity index (χ0n) is 22.5. The maximum atomic E-state index is 14.3. The molecule has 2 aliphatic carbocycles. The van der Waals surface area contributed by atoms with E-state index in [1.807, 2.05) is 12.2 Å². The van der Waals surface area contributed by atoms with Crippen molar-refractivity contribution in [3.8, 4) is 0 Å². The van der Waals surface area contributed by atoms with E-state index in [9.17, 15) is 14.4 Å². The molecule has 2 bridgehead atoms. The van der Waals surface area contributed by atoms with Gasteiger partial charge in [-0.05, 0) is 49.3 Å². The molecule has 1 aromatic rings. The Morgan fingerprint density at radius 1 is 0.974 bits per heavy atom. The summed E-state index contributed by atoms with van der Waals surface area (Å²) in [6.45, 7) is 4.44. The molecule has 5 aliphatic rings. The van der Waals surface area contributed by atoms with Crippen molar-refractivity contribution in [1.82, 2.24) is 10.2 Å². The van der Waals surface area contributed by atoms with Crippen molar-refractivity contribution < 1.29 is 19.1 Å². The highest BCUT2D eigenvalue weighted by Gasteiger charge is 2.73. The monoisotopic (exact) mass is 573 g/mol. The average molecular weight is 575 g/mol. The van der Waals surface area contributed by atoms with Crippen molar-refractivity contribution in [1.29, 1.82) is 0 Å². The second kappa shape index (κ2) is 10.4. The van der Waals surface area contributed by atoms with Gasteiger partial charge in [0.15, 0.2) is 0 Å². The van der Waals surface area contributed by atoms with Crippen molar-refractivity contribution in [2.24, 2.45) is 23.7 Å². The molecule has 2 saturated carbocycles. The number of hydrogen-bond donors (Lipinski definition) is 2. The number of rotatable bonds is 5. The van der Waals surface area contributed by atoms with E-state index in [4.69, 9.17) is 27.9 Å². The number of anilines is 1. The van der Waals surface area contributed by atoms with Crippen LogP contribution >= 0.6 is 23.2 Å². The van der Waals surface area contributed by atoms with Gasteiger partial charge in [-0.25, -0.2) is 0 Å². The highest BCUT2D eigenvalue weighted by Crippen LogP contribution is 2.56. The lowest BCUT2D eigenvalue weighted by atomic mass is 9.73. The summed E-state index contributed by atoms with van der Waals surface area (Å²) < 4.78 is 6.52. The van der Waals surface area contributed by atoms with E-state index in [1.54, 1.807) is 23.1 Å². The van der Waals surface area contributed by atoms with Gasteiger partial charge in [0.25, 0.3) is 0 Å². The molecule has 0 unspecified atom stereocenters. The van der Waals surface area contributed by atoms with Gasteiger partial charge in [-0.3, -0.25) is 14.4 Å². The molecule has 4 fully saturated rings. The van der Waals surface area contributed by atoms with E-state index < -0.39 is 29.6 Å². The van der Waals surface area contributed by atoms with Crippen LogP contribution in [0.1, 0.15) is 65.2 Å². The molecular weight excluding hydrogens is 537 g/mol. The van der Waals surface area contributed by atoms with Crippen molar-refractivity contribution in [2.45, 2.75) is 95.0 Å². The largest absolute Gasteiger partial charge is 0.359 e. The lowest BCUT2D eigenvalue weighted by Gasteiger charge is -2.40. The summed E-state index contributed by atoms with van der Waals surface area (Å²) in [5.41, 5.74) is -0.691. The molecule has 8 atom stereocenters. The minimum atomic E-state index is -1.15. The molecule has 3 aliphatic heterocycles. The Kier molecular flexibility index (Phi) is 7.22. The van der Waals surface area contributed by atoms with Crippen LogP contribution in [0.4, 0.5) is 5.69 Å². The number of likely N-dealkylation sites (tertiary alicyclic amines) is 1. The first-order chi connectivity index (χ1) is 18.7. The van der Waals surface area contributed by atoms with Crippen LogP contribution in [0.3, 0.4) is 0 Å². The van der Waals surface area contributed by atoms with Crippen LogP contribution in [-0.2, 0) is 19.1 Å². The highest BCUT2D eigenvalue weighted by atomic mass is 35.5. The van der Waals surface area contributed by atoms with Crippen molar-refractivity contribution in [2.75, 3.05) is 5.32 Å². The van der Waals surface area contributed by atoms with Crippen LogP contribution in [0.25, 0.3) is 0 Å². The summed E-state index contributed by atoms with van der Waals surface area (Å²) in [6, 6.07) is 4.08. The smallest absolute Gasteiger partial charge is 0.246 e. The molecule has 0 aromatic heterocycles. The van der Waals surface area contributed by atoms with Crippen LogP contribution in [-0.4, -0.2) is 52.5 Å². The van der Waals surface area contributed by atoms with E-state index in [-0.39, 0.29) is 29.8 Å². The number of benzene rings is 1. The van der Waals surface area contributed by atoms with E-state index in [0.717, 1.165) is 51.4 Å². The molecule has 7 nitrogen and oxygen atoms in total. The molecule has 1 aromatic carbocycles. The molecule has 3 heterocycles. The lowest BCUT2D eigenvalue weighted by Crippen LogP contribution is -2.59. The Labute approximate surface area is 240 Å². The van der Waals surface area contributed by atoms with E-state index in [1.165, 1.54) is 0 Å². The number of carbonyl (C=O) groups is 3. The maximum Gasteiger partial charge on any atom is 0.246 e. The standard InChI is InChI=1S/C30H37Cl2N3O4/c1-16-7-6-10-22(17(16)2)34-28(37)26-30-12-11-23(39-30)24(27(36)33-20-14-18(31)13-19(32)15-20)25(30)29(38)35(26)21-8-4-3-5-9-21/h11-17,21-26H,3-10H2,1-2H3,(H,33,36)(H,34,37)/t16-,17+,22+,23+,24+,25+,26+,30+/m1/s1. The third-order valence-corrected chi connectivity index (χ3v) is 10.4. The number of carbonyl (C=O) groups excluding carboxylic acids is 3. The second-order valence-corrected chi connectivity index (χ2v) is 13.1. The Morgan fingerprint density at radius 3 is 2.41 bits per heavy atom. The van der Waals surface area contributed by atoms with Gasteiger partial charge in [0.1, 0.15) is 11.6 Å². The van der Waals surface area contributed by atoms with Crippen LogP contribution in [0.5, 0.6) is 0 Å². The number of ether oxygens (including phenoxy) is 1. The fraction of sp³-hybridized carbons (Fsp3) is 0.633. The maximum absolute atomic E-state index is 14.3. The summed E-state index contributed by atoms with van der Waals surface area (Å²) in [5.74, 6) is -1.27. The predicted octanol–water partition coefficient (Wildman–Crippen LogP) is 5.36. The zero-order chi connectivity index (χ0) is 27.5. The van der Waals surface area contributed by atoms with E-state index in [2.05, 4.69) is 24.5 Å². The minimum Gasteiger partial charge on any atom is -0.359 e. The first kappa shape index (κ1) is 27.1. The zero-order valence-corrected chi connectivity index (χ0v) is 24.0. The molecule has 2 saturated heterocycles. The average Bonchev–Trinajstić information content (AvgIpc) is 3.54. The van der Waals surface area contributed by atoms with Gasteiger partial charge in [-0.15, -0.1) is 0 Å². The SMILES string of the molecule is C[C@H]1[C@H](C)CCC[C@@H]1NC(=O)[C@@H]1N(C2CCCCC2)C(=O)[C@@H]2[C@@H](C(=O)Nc3cc(Cl)cc(Cl)c3)[C@@H]3C=C[C@]21O3. The van der Waals surface area contributed by atoms with Crippen molar-refractivity contribution in [3.05, 3.63) is 40.4 Å². The van der Waals surface area contributed by atoms with Gasteiger partial charge in [0, 0.05) is 27.8 Å². The number of nitrogens with one attached hydrogen (secondary N) is 2. The van der Waals surface area contributed by atoms with Gasteiger partial charge < -0.3 is 20.3 Å². The first-order valence-corrected chi connectivity index (χ1v) is 15.2. The fourth-order valence-electron chi connectivity index (χ4n) is 7.86. The summed E-state index contributed by atoms with van der Waals surface area (Å²) in [5, 5.41) is 7.05. The summed E-state index contributed by atoms with van der Waals surface area (Å²) in [6.07, 6.45) is 11.2. The van der Waals surface area contributed by atoms with E-state index >= 15 is 0 Å². The molecule has 6 rings (SSSR count).